The van der Waals surface area contributed by atoms with Crippen molar-refractivity contribution in [2.45, 2.75) is 281 Å². The number of phosphoric acid groups is 1. The molecule has 1 aliphatic rings. The first-order valence-electron chi connectivity index (χ1n) is 26.6. The van der Waals surface area contributed by atoms with Crippen LogP contribution in [0.15, 0.2) is 24.3 Å². The number of carbonyl (C=O) groups is 2. The van der Waals surface area contributed by atoms with Crippen molar-refractivity contribution < 1.29 is 63.1 Å². The summed E-state index contributed by atoms with van der Waals surface area (Å²) in [6.45, 7) is 3.31. The molecule has 388 valence electrons. The fourth-order valence-corrected chi connectivity index (χ4v) is 9.24. The molecule has 1 rings (SSSR count). The van der Waals surface area contributed by atoms with E-state index in [2.05, 4.69) is 32.1 Å². The summed E-state index contributed by atoms with van der Waals surface area (Å²) in [5.41, 5.74) is 0. The molecule has 0 saturated heterocycles. The molecule has 1 saturated carbocycles. The molecule has 0 radical (unpaired) electrons. The Kier molecular flexibility index (Phi) is 39.9. The Morgan fingerprint density at radius 1 is 0.470 bits per heavy atom. The average molecular weight is 961 g/mol. The molecule has 0 aromatic heterocycles. The van der Waals surface area contributed by atoms with Crippen molar-refractivity contribution in [2.75, 3.05) is 13.2 Å². The van der Waals surface area contributed by atoms with Crippen LogP contribution in [0.5, 0.6) is 0 Å². The first-order valence-corrected chi connectivity index (χ1v) is 28.1. The number of rotatable bonds is 45. The van der Waals surface area contributed by atoms with Gasteiger partial charge in [0.2, 0.25) is 0 Å². The quantitative estimate of drug-likeness (QED) is 0.0145. The molecule has 66 heavy (non-hydrogen) atoms. The van der Waals surface area contributed by atoms with Gasteiger partial charge in [0.05, 0.1) is 6.61 Å². The molecule has 0 aliphatic heterocycles. The van der Waals surface area contributed by atoms with Crippen molar-refractivity contribution in [3.05, 3.63) is 24.3 Å². The molecule has 8 atom stereocenters. The van der Waals surface area contributed by atoms with Gasteiger partial charge in [0.1, 0.15) is 43.2 Å². The molecular formula is C52H97O13P. The number of unbranched alkanes of at least 4 members (excludes halogenated alkanes) is 29. The molecule has 0 aromatic rings. The first kappa shape index (κ1) is 62.3. The maximum absolute atomic E-state index is 12.9. The van der Waals surface area contributed by atoms with Crippen LogP contribution in [0.1, 0.15) is 239 Å². The van der Waals surface area contributed by atoms with Crippen molar-refractivity contribution in [3.63, 3.8) is 0 Å². The van der Waals surface area contributed by atoms with Gasteiger partial charge in [-0.2, -0.15) is 0 Å². The summed E-state index contributed by atoms with van der Waals surface area (Å²) in [5, 5.41) is 50.3. The van der Waals surface area contributed by atoms with E-state index in [1.54, 1.807) is 0 Å². The summed E-state index contributed by atoms with van der Waals surface area (Å²) in [7, 11) is -5.13. The Labute approximate surface area is 400 Å². The number of hydrogen-bond acceptors (Lipinski definition) is 12. The monoisotopic (exact) mass is 961 g/mol. The van der Waals surface area contributed by atoms with E-state index < -0.39 is 75.7 Å². The zero-order valence-electron chi connectivity index (χ0n) is 41.5. The van der Waals surface area contributed by atoms with Crippen LogP contribution in [0.3, 0.4) is 0 Å². The second-order valence-corrected chi connectivity index (χ2v) is 20.1. The molecule has 0 aromatic carbocycles. The lowest BCUT2D eigenvalue weighted by Gasteiger charge is -2.41. The van der Waals surface area contributed by atoms with Gasteiger partial charge in [0.25, 0.3) is 0 Å². The Hall–Kier alpha value is -1.67. The van der Waals surface area contributed by atoms with Crippen LogP contribution in [0.25, 0.3) is 0 Å². The maximum Gasteiger partial charge on any atom is 0.472 e. The van der Waals surface area contributed by atoms with E-state index in [0.29, 0.717) is 19.3 Å². The van der Waals surface area contributed by atoms with E-state index in [9.17, 15) is 44.6 Å². The van der Waals surface area contributed by atoms with Gasteiger partial charge < -0.3 is 39.9 Å². The van der Waals surface area contributed by atoms with Crippen LogP contribution >= 0.6 is 7.82 Å². The number of carbonyl (C=O) groups excluding carboxylic acids is 2. The number of ether oxygens (including phenoxy) is 2. The van der Waals surface area contributed by atoms with Gasteiger partial charge in [-0.3, -0.25) is 18.6 Å². The van der Waals surface area contributed by atoms with Crippen LogP contribution in [0.2, 0.25) is 0 Å². The van der Waals surface area contributed by atoms with E-state index in [1.807, 2.05) is 6.08 Å². The number of hydrogen-bond donors (Lipinski definition) is 6. The Morgan fingerprint density at radius 2 is 0.833 bits per heavy atom. The lowest BCUT2D eigenvalue weighted by Crippen LogP contribution is -2.64. The fourth-order valence-electron chi connectivity index (χ4n) is 8.27. The van der Waals surface area contributed by atoms with Crippen LogP contribution in [0.4, 0.5) is 0 Å². The molecular weight excluding hydrogens is 864 g/mol. The third kappa shape index (κ3) is 33.8. The molecule has 0 amide bonds. The van der Waals surface area contributed by atoms with Crippen molar-refractivity contribution >= 4 is 19.8 Å². The predicted molar refractivity (Wildman–Crippen MR) is 263 cm³/mol. The zero-order chi connectivity index (χ0) is 48.5. The average Bonchev–Trinajstić information content (AvgIpc) is 3.30. The highest BCUT2D eigenvalue weighted by Gasteiger charge is 2.51. The molecule has 6 N–H and O–H groups in total. The molecule has 0 bridgehead atoms. The van der Waals surface area contributed by atoms with Gasteiger partial charge in [-0.05, 0) is 38.5 Å². The zero-order valence-corrected chi connectivity index (χ0v) is 42.4. The summed E-state index contributed by atoms with van der Waals surface area (Å²) in [6, 6.07) is 0. The van der Waals surface area contributed by atoms with Gasteiger partial charge in [-0.25, -0.2) is 4.57 Å². The van der Waals surface area contributed by atoms with E-state index in [-0.39, 0.29) is 12.8 Å². The van der Waals surface area contributed by atoms with Gasteiger partial charge in [0.15, 0.2) is 6.10 Å². The topological polar surface area (TPSA) is 210 Å². The van der Waals surface area contributed by atoms with Gasteiger partial charge in [-0.15, -0.1) is 0 Å². The third-order valence-electron chi connectivity index (χ3n) is 12.5. The predicted octanol–water partition coefficient (Wildman–Crippen LogP) is 11.6. The second kappa shape index (κ2) is 42.2. The van der Waals surface area contributed by atoms with E-state index in [0.717, 1.165) is 38.5 Å². The Bertz CT molecular complexity index is 1250. The highest BCUT2D eigenvalue weighted by molar-refractivity contribution is 7.47. The third-order valence-corrected chi connectivity index (χ3v) is 13.5. The minimum atomic E-state index is -5.13. The smallest absolute Gasteiger partial charge is 0.462 e. The molecule has 6 unspecified atom stereocenters. The summed E-state index contributed by atoms with van der Waals surface area (Å²) in [6.07, 6.45) is 35.2. The molecule has 0 spiro atoms. The summed E-state index contributed by atoms with van der Waals surface area (Å²) in [4.78, 5) is 35.8. The minimum Gasteiger partial charge on any atom is -0.462 e. The molecule has 1 aliphatic carbocycles. The molecule has 0 heterocycles. The highest BCUT2D eigenvalue weighted by atomic mass is 31.2. The first-order chi connectivity index (χ1) is 31.9. The fraction of sp³-hybridized carbons (Fsp3) is 0.885. The highest BCUT2D eigenvalue weighted by Crippen LogP contribution is 2.47. The lowest BCUT2D eigenvalue weighted by atomic mass is 9.85. The van der Waals surface area contributed by atoms with Crippen LogP contribution in [-0.2, 0) is 32.7 Å². The van der Waals surface area contributed by atoms with E-state index in [4.69, 9.17) is 18.5 Å². The SMILES string of the molecule is CCCCCCCCCCC/C=C/C/C=C/CCCC(=O)OC[C@H](COP(=O)(O)OC1C(O)C(O)C(O)[C@@H](O)C1O)OC(=O)CCCCCCCCCCCCCCCCCCCCCC. The standard InChI is InChI=1S/C52H97O13P/c1-3-5-7-9-11-13-15-17-19-21-22-23-25-27-29-31-33-35-37-39-41-46(54)64-44(43-63-66(60,61)65-52-50(58)48(56)47(55)49(57)51(52)59)42-62-45(53)40-38-36-34-32-30-28-26-24-20-18-16-14-12-10-8-6-4-2/h26,28,32,34,44,47-52,55-59H,3-25,27,29-31,33,35-43H2,1-2H3,(H,60,61)/b28-26+,34-32+/t44-,47?,48-,49?,50?,51?,52?/m1/s1. The minimum absolute atomic E-state index is 0.0933. The van der Waals surface area contributed by atoms with Gasteiger partial charge in [-0.1, -0.05) is 212 Å². The molecule has 1 fully saturated rings. The lowest BCUT2D eigenvalue weighted by molar-refractivity contribution is -0.220. The molecule has 14 heteroatoms. The number of esters is 2. The summed E-state index contributed by atoms with van der Waals surface area (Å²) >= 11 is 0. The Morgan fingerprint density at radius 3 is 1.27 bits per heavy atom. The van der Waals surface area contributed by atoms with Crippen molar-refractivity contribution in [1.29, 1.82) is 0 Å². The van der Waals surface area contributed by atoms with Crippen LogP contribution in [0, 0.1) is 0 Å². The van der Waals surface area contributed by atoms with Crippen LogP contribution < -0.4 is 0 Å². The largest absolute Gasteiger partial charge is 0.472 e. The number of phosphoric ester groups is 1. The Balaban J connectivity index is 2.40. The van der Waals surface area contributed by atoms with Crippen molar-refractivity contribution in [2.24, 2.45) is 0 Å². The summed E-state index contributed by atoms with van der Waals surface area (Å²) < 4.78 is 33.6. The number of aliphatic hydroxyl groups excluding tert-OH is 5. The van der Waals surface area contributed by atoms with Gasteiger partial charge in [0, 0.05) is 12.8 Å². The number of allylic oxidation sites excluding steroid dienone is 4. The van der Waals surface area contributed by atoms with E-state index >= 15 is 0 Å². The second-order valence-electron chi connectivity index (χ2n) is 18.7. The van der Waals surface area contributed by atoms with E-state index in [1.165, 1.54) is 154 Å². The molecule has 13 nitrogen and oxygen atoms in total. The maximum atomic E-state index is 12.9. The van der Waals surface area contributed by atoms with Gasteiger partial charge >= 0.3 is 19.8 Å². The summed E-state index contributed by atoms with van der Waals surface area (Å²) in [5.74, 6) is -1.14. The van der Waals surface area contributed by atoms with Crippen molar-refractivity contribution in [3.8, 4) is 0 Å². The normalized spacial score (nSPS) is 21.4. The number of aliphatic hydroxyl groups is 5. The van der Waals surface area contributed by atoms with Crippen LogP contribution in [-0.4, -0.2) is 98.3 Å². The van der Waals surface area contributed by atoms with Crippen molar-refractivity contribution in [1.82, 2.24) is 0 Å².